The van der Waals surface area contributed by atoms with E-state index in [2.05, 4.69) is 16.0 Å². The maximum Gasteiger partial charge on any atom is 0.262 e. The van der Waals surface area contributed by atoms with Crippen molar-refractivity contribution in [3.63, 3.8) is 0 Å². The summed E-state index contributed by atoms with van der Waals surface area (Å²) < 4.78 is 6.99. The molecule has 29 heavy (non-hydrogen) atoms. The first kappa shape index (κ1) is 19.9. The van der Waals surface area contributed by atoms with Crippen molar-refractivity contribution < 1.29 is 9.53 Å². The molecule has 0 saturated carbocycles. The van der Waals surface area contributed by atoms with E-state index in [1.54, 1.807) is 25.3 Å². The molecular formula is C23H20N4O2. The normalized spacial score (nSPS) is 11.1. The fourth-order valence-electron chi connectivity index (χ4n) is 3.07. The zero-order chi connectivity index (χ0) is 20.6. The van der Waals surface area contributed by atoms with Crippen LogP contribution in [0.25, 0.3) is 17.0 Å². The summed E-state index contributed by atoms with van der Waals surface area (Å²) in [4.78, 5) is 12.3. The third kappa shape index (κ3) is 4.70. The van der Waals surface area contributed by atoms with Crippen LogP contribution in [0.3, 0.4) is 0 Å². The Balaban J connectivity index is 1.93. The Labute approximate surface area is 169 Å². The van der Waals surface area contributed by atoms with Gasteiger partial charge in [-0.1, -0.05) is 30.3 Å². The fourth-order valence-corrected chi connectivity index (χ4v) is 3.07. The summed E-state index contributed by atoms with van der Waals surface area (Å²) in [5.41, 5.74) is 3.52. The second-order valence-electron chi connectivity index (χ2n) is 6.46. The molecule has 0 fully saturated rings. The summed E-state index contributed by atoms with van der Waals surface area (Å²) in [7, 11) is 1.55. The highest BCUT2D eigenvalue weighted by Gasteiger charge is 2.12. The molecule has 0 bridgehead atoms. The number of benzene rings is 2. The van der Waals surface area contributed by atoms with E-state index in [9.17, 15) is 10.1 Å². The molecule has 1 N–H and O–H groups in total. The number of methoxy groups -OCH3 is 1. The first-order chi connectivity index (χ1) is 14.2. The highest BCUT2D eigenvalue weighted by atomic mass is 16.5. The van der Waals surface area contributed by atoms with Crippen molar-refractivity contribution >= 4 is 22.9 Å². The number of nitriles is 2. The molecule has 0 aliphatic heterocycles. The quantitative estimate of drug-likeness (QED) is 0.385. The highest BCUT2D eigenvalue weighted by Crippen LogP contribution is 2.24. The summed E-state index contributed by atoms with van der Waals surface area (Å²) in [6, 6.07) is 19.4. The number of para-hydroxylation sites is 1. The average Bonchev–Trinajstić information content (AvgIpc) is 3.10. The second kappa shape index (κ2) is 9.36. The van der Waals surface area contributed by atoms with Crippen LogP contribution in [0.2, 0.25) is 0 Å². The van der Waals surface area contributed by atoms with Crippen molar-refractivity contribution in [2.45, 2.75) is 6.54 Å². The van der Waals surface area contributed by atoms with E-state index in [-0.39, 0.29) is 5.57 Å². The van der Waals surface area contributed by atoms with E-state index in [0.717, 1.165) is 22.0 Å². The van der Waals surface area contributed by atoms with Crippen molar-refractivity contribution in [1.82, 2.24) is 9.88 Å². The molecule has 0 spiro atoms. The smallest absolute Gasteiger partial charge is 0.262 e. The van der Waals surface area contributed by atoms with Crippen LogP contribution in [-0.2, 0) is 16.1 Å². The van der Waals surface area contributed by atoms with Gasteiger partial charge in [-0.3, -0.25) is 4.79 Å². The number of nitrogens with zero attached hydrogens (tertiary/aromatic N) is 3. The van der Waals surface area contributed by atoms with Crippen LogP contribution in [0.15, 0.2) is 60.3 Å². The summed E-state index contributed by atoms with van der Waals surface area (Å²) in [6.07, 6.45) is 3.54. The number of carbonyl (C=O) groups is 1. The Kier molecular flexibility index (Phi) is 6.42. The first-order valence-corrected chi connectivity index (χ1v) is 9.12. The van der Waals surface area contributed by atoms with Gasteiger partial charge in [-0.05, 0) is 29.8 Å². The van der Waals surface area contributed by atoms with Gasteiger partial charge in [0.05, 0.1) is 18.2 Å². The SMILES string of the molecule is COCCNC(=O)/C(C#N)=C/c1cn(Cc2ccc(C#N)cc2)c2ccccc12. The van der Waals surface area contributed by atoms with Gasteiger partial charge in [0, 0.05) is 42.9 Å². The first-order valence-electron chi connectivity index (χ1n) is 9.12. The van der Waals surface area contributed by atoms with E-state index in [1.165, 1.54) is 0 Å². The van der Waals surface area contributed by atoms with Crippen LogP contribution in [-0.4, -0.2) is 30.7 Å². The highest BCUT2D eigenvalue weighted by molar-refractivity contribution is 6.04. The lowest BCUT2D eigenvalue weighted by atomic mass is 10.1. The van der Waals surface area contributed by atoms with Crippen LogP contribution < -0.4 is 5.32 Å². The fraction of sp³-hybridized carbons (Fsp3) is 0.174. The third-order valence-electron chi connectivity index (χ3n) is 4.51. The van der Waals surface area contributed by atoms with Gasteiger partial charge in [0.2, 0.25) is 0 Å². The van der Waals surface area contributed by atoms with Gasteiger partial charge >= 0.3 is 0 Å². The molecule has 1 amide bonds. The van der Waals surface area contributed by atoms with Gasteiger partial charge < -0.3 is 14.6 Å². The monoisotopic (exact) mass is 384 g/mol. The van der Waals surface area contributed by atoms with Gasteiger partial charge in [-0.25, -0.2) is 0 Å². The largest absolute Gasteiger partial charge is 0.383 e. The van der Waals surface area contributed by atoms with E-state index in [1.807, 2.05) is 48.7 Å². The zero-order valence-corrected chi connectivity index (χ0v) is 16.1. The lowest BCUT2D eigenvalue weighted by Crippen LogP contribution is -2.27. The molecule has 0 radical (unpaired) electrons. The van der Waals surface area contributed by atoms with Crippen LogP contribution in [0.5, 0.6) is 0 Å². The number of hydrogen-bond donors (Lipinski definition) is 1. The molecule has 3 rings (SSSR count). The van der Waals surface area contributed by atoms with E-state index >= 15 is 0 Å². The lowest BCUT2D eigenvalue weighted by molar-refractivity contribution is -0.117. The van der Waals surface area contributed by atoms with Crippen LogP contribution in [0.1, 0.15) is 16.7 Å². The number of aromatic nitrogens is 1. The molecule has 0 unspecified atom stereocenters. The Bertz CT molecular complexity index is 1130. The van der Waals surface area contributed by atoms with Gasteiger partial charge in [0.15, 0.2) is 0 Å². The van der Waals surface area contributed by atoms with Crippen LogP contribution in [0.4, 0.5) is 0 Å². The molecule has 6 nitrogen and oxygen atoms in total. The van der Waals surface area contributed by atoms with Crippen LogP contribution >= 0.6 is 0 Å². The summed E-state index contributed by atoms with van der Waals surface area (Å²) in [6.45, 7) is 1.34. The number of ether oxygens (including phenoxy) is 1. The second-order valence-corrected chi connectivity index (χ2v) is 6.46. The number of hydrogen-bond acceptors (Lipinski definition) is 4. The van der Waals surface area contributed by atoms with E-state index in [4.69, 9.17) is 10.00 Å². The van der Waals surface area contributed by atoms with Crippen molar-refractivity contribution in [3.8, 4) is 12.1 Å². The Morgan fingerprint density at radius 2 is 1.93 bits per heavy atom. The van der Waals surface area contributed by atoms with Crippen LogP contribution in [0, 0.1) is 22.7 Å². The predicted molar refractivity (Wildman–Crippen MR) is 111 cm³/mol. The molecule has 0 aliphatic carbocycles. The van der Waals surface area contributed by atoms with Crippen molar-refractivity contribution in [3.05, 3.63) is 77.0 Å². The van der Waals surface area contributed by atoms with Gasteiger partial charge in [0.25, 0.3) is 5.91 Å². The number of amides is 1. The van der Waals surface area contributed by atoms with E-state index in [0.29, 0.717) is 25.3 Å². The summed E-state index contributed by atoms with van der Waals surface area (Å²) in [5, 5.41) is 22.0. The molecule has 3 aromatic rings. The van der Waals surface area contributed by atoms with Gasteiger partial charge in [0.1, 0.15) is 11.6 Å². The Hall–Kier alpha value is -3.87. The standard InChI is InChI=1S/C23H20N4O2/c1-29-11-10-26-23(28)19(14-25)12-20-16-27(22-5-3-2-4-21(20)22)15-18-8-6-17(13-24)7-9-18/h2-9,12,16H,10-11,15H2,1H3,(H,26,28)/b19-12+. The molecular weight excluding hydrogens is 364 g/mol. The average molecular weight is 384 g/mol. The maximum absolute atomic E-state index is 12.3. The lowest BCUT2D eigenvalue weighted by Gasteiger charge is -2.05. The van der Waals surface area contributed by atoms with E-state index < -0.39 is 5.91 Å². The van der Waals surface area contributed by atoms with Crippen molar-refractivity contribution in [1.29, 1.82) is 10.5 Å². The summed E-state index contributed by atoms with van der Waals surface area (Å²) in [5.74, 6) is -0.423. The van der Waals surface area contributed by atoms with Crippen molar-refractivity contribution in [2.24, 2.45) is 0 Å². The van der Waals surface area contributed by atoms with Gasteiger partial charge in [-0.15, -0.1) is 0 Å². The molecule has 1 aromatic heterocycles. The maximum atomic E-state index is 12.3. The number of nitrogens with one attached hydrogen (secondary N) is 1. The number of carbonyl (C=O) groups excluding carboxylic acids is 1. The third-order valence-corrected chi connectivity index (χ3v) is 4.51. The molecule has 0 aliphatic rings. The zero-order valence-electron chi connectivity index (χ0n) is 16.1. The minimum absolute atomic E-state index is 0.0439. The minimum Gasteiger partial charge on any atom is -0.383 e. The number of fused-ring (bicyclic) bond motifs is 1. The molecule has 6 heteroatoms. The minimum atomic E-state index is -0.423. The predicted octanol–water partition coefficient (Wildman–Crippen LogP) is 3.23. The topological polar surface area (TPSA) is 90.8 Å². The summed E-state index contributed by atoms with van der Waals surface area (Å²) >= 11 is 0. The number of rotatable bonds is 7. The molecule has 2 aromatic carbocycles. The molecule has 1 heterocycles. The Morgan fingerprint density at radius 3 is 2.62 bits per heavy atom. The molecule has 0 saturated heterocycles. The van der Waals surface area contributed by atoms with Gasteiger partial charge in [-0.2, -0.15) is 10.5 Å². The molecule has 0 atom stereocenters. The molecule has 144 valence electrons. The Morgan fingerprint density at radius 1 is 1.17 bits per heavy atom. The van der Waals surface area contributed by atoms with Crippen molar-refractivity contribution in [2.75, 3.05) is 20.3 Å².